The summed E-state index contributed by atoms with van der Waals surface area (Å²) < 4.78 is 0. The molecule has 0 radical (unpaired) electrons. The summed E-state index contributed by atoms with van der Waals surface area (Å²) >= 11 is 5.05. The fourth-order valence-corrected chi connectivity index (χ4v) is 1.71. The first-order chi connectivity index (χ1) is 6.11. The third-order valence-electron chi connectivity index (χ3n) is 2.21. The molecule has 1 fully saturated rings. The predicted molar refractivity (Wildman–Crippen MR) is 56.3 cm³/mol. The molecule has 1 saturated heterocycles. The first kappa shape index (κ1) is 10.2. The molecular weight excluding hydrogens is 184 g/mol. The molecule has 0 saturated carbocycles. The highest BCUT2D eigenvalue weighted by Crippen LogP contribution is 2.13. The first-order valence-corrected chi connectivity index (χ1v) is 4.78. The van der Waals surface area contributed by atoms with Crippen LogP contribution in [-0.4, -0.2) is 28.0 Å². The maximum Gasteiger partial charge on any atom is 0.251 e. The summed E-state index contributed by atoms with van der Waals surface area (Å²) in [5, 5.41) is 3.50. The minimum atomic E-state index is -0.144. The lowest BCUT2D eigenvalue weighted by Gasteiger charge is -2.19. The Bertz CT molecular complexity index is 252. The van der Waals surface area contributed by atoms with Gasteiger partial charge in [0.2, 0.25) is 0 Å². The number of hydrogen-bond acceptors (Lipinski definition) is 2. The van der Waals surface area contributed by atoms with Crippen LogP contribution in [0.4, 0.5) is 0 Å². The van der Waals surface area contributed by atoms with Crippen molar-refractivity contribution in [3.8, 4) is 0 Å². The number of amides is 1. The van der Waals surface area contributed by atoms with Gasteiger partial charge in [-0.15, -0.1) is 6.58 Å². The summed E-state index contributed by atoms with van der Waals surface area (Å²) in [5.74, 6) is 0.0555. The molecular formula is C9H14N2OS. The van der Waals surface area contributed by atoms with Gasteiger partial charge in [-0.3, -0.25) is 9.69 Å². The molecule has 0 aromatic heterocycles. The number of rotatable bonds is 3. The van der Waals surface area contributed by atoms with Crippen molar-refractivity contribution < 1.29 is 4.79 Å². The minimum Gasteiger partial charge on any atom is -0.350 e. The highest BCUT2D eigenvalue weighted by molar-refractivity contribution is 7.80. The van der Waals surface area contributed by atoms with Crippen molar-refractivity contribution in [1.82, 2.24) is 10.2 Å². The summed E-state index contributed by atoms with van der Waals surface area (Å²) in [6, 6.07) is -0.168. The molecule has 2 atom stereocenters. The maximum absolute atomic E-state index is 11.7. The molecule has 72 valence electrons. The maximum atomic E-state index is 11.7. The molecule has 3 nitrogen and oxygen atoms in total. The number of carbonyl (C=O) groups excluding carboxylic acids is 1. The van der Waals surface area contributed by atoms with Crippen LogP contribution < -0.4 is 5.32 Å². The summed E-state index contributed by atoms with van der Waals surface area (Å²) in [7, 11) is 0. The van der Waals surface area contributed by atoms with Crippen LogP contribution in [0.15, 0.2) is 12.7 Å². The Morgan fingerprint density at radius 3 is 2.85 bits per heavy atom. The molecule has 4 heteroatoms. The monoisotopic (exact) mass is 198 g/mol. The van der Waals surface area contributed by atoms with E-state index in [9.17, 15) is 4.79 Å². The minimum absolute atomic E-state index is 0.0240. The lowest BCUT2D eigenvalue weighted by atomic mass is 10.2. The normalized spacial score (nSPS) is 24.5. The molecule has 13 heavy (non-hydrogen) atoms. The molecule has 1 amide bonds. The van der Waals surface area contributed by atoms with Gasteiger partial charge in [0, 0.05) is 0 Å². The van der Waals surface area contributed by atoms with E-state index in [0.29, 0.717) is 5.11 Å². The van der Waals surface area contributed by atoms with Gasteiger partial charge in [0.15, 0.2) is 5.11 Å². The van der Waals surface area contributed by atoms with Crippen LogP contribution >= 0.6 is 12.2 Å². The third-order valence-corrected chi connectivity index (χ3v) is 2.52. The lowest BCUT2D eigenvalue weighted by Crippen LogP contribution is -2.37. The Morgan fingerprint density at radius 2 is 2.46 bits per heavy atom. The number of thiocarbonyl (C=S) groups is 1. The number of carbonyl (C=O) groups is 1. The van der Waals surface area contributed by atoms with Crippen LogP contribution in [0, 0.1) is 0 Å². The van der Waals surface area contributed by atoms with Gasteiger partial charge in [0.25, 0.3) is 5.91 Å². The fourth-order valence-electron chi connectivity index (χ4n) is 1.32. The van der Waals surface area contributed by atoms with Crippen molar-refractivity contribution in [1.29, 1.82) is 0 Å². The van der Waals surface area contributed by atoms with Crippen LogP contribution in [0.1, 0.15) is 20.3 Å². The van der Waals surface area contributed by atoms with Gasteiger partial charge < -0.3 is 5.32 Å². The largest absolute Gasteiger partial charge is 0.350 e. The lowest BCUT2D eigenvalue weighted by molar-refractivity contribution is -0.127. The van der Waals surface area contributed by atoms with Crippen molar-refractivity contribution in [2.45, 2.75) is 32.4 Å². The summed E-state index contributed by atoms with van der Waals surface area (Å²) in [6.45, 7) is 7.50. The number of nitrogens with zero attached hydrogens (tertiary/aromatic N) is 1. The highest BCUT2D eigenvalue weighted by atomic mass is 32.1. The van der Waals surface area contributed by atoms with Crippen molar-refractivity contribution in [3.05, 3.63) is 12.7 Å². The van der Waals surface area contributed by atoms with Gasteiger partial charge in [0.05, 0.1) is 6.04 Å². The standard InChI is InChI=1S/C9H14N2OS/c1-4-6(3)11-8(12)7(5-2)10-9(11)13/h4,6-7H,1,5H2,2-3H3,(H,10,13). The van der Waals surface area contributed by atoms with E-state index in [1.165, 1.54) is 0 Å². The Morgan fingerprint density at radius 1 is 1.85 bits per heavy atom. The molecule has 0 aromatic rings. The Balaban J connectivity index is 2.81. The van der Waals surface area contributed by atoms with Crippen molar-refractivity contribution in [3.63, 3.8) is 0 Å². The van der Waals surface area contributed by atoms with E-state index >= 15 is 0 Å². The van der Waals surface area contributed by atoms with Crippen molar-refractivity contribution in [2.24, 2.45) is 0 Å². The quantitative estimate of drug-likeness (QED) is 0.543. The van der Waals surface area contributed by atoms with Crippen LogP contribution in [-0.2, 0) is 4.79 Å². The zero-order chi connectivity index (χ0) is 10.0. The van der Waals surface area contributed by atoms with Gasteiger partial charge in [0.1, 0.15) is 6.04 Å². The molecule has 0 aromatic carbocycles. The Labute approximate surface area is 83.8 Å². The van der Waals surface area contributed by atoms with Crippen LogP contribution in [0.25, 0.3) is 0 Å². The summed E-state index contributed by atoms with van der Waals surface area (Å²) in [4.78, 5) is 13.3. The van der Waals surface area contributed by atoms with E-state index in [0.717, 1.165) is 6.42 Å². The van der Waals surface area contributed by atoms with E-state index in [-0.39, 0.29) is 18.0 Å². The van der Waals surface area contributed by atoms with Crippen molar-refractivity contribution >= 4 is 23.2 Å². The average Bonchev–Trinajstić information content (AvgIpc) is 2.40. The second-order valence-corrected chi connectivity index (χ2v) is 3.48. The average molecular weight is 198 g/mol. The van der Waals surface area contributed by atoms with E-state index in [1.807, 2.05) is 13.8 Å². The van der Waals surface area contributed by atoms with Crippen LogP contribution in [0.3, 0.4) is 0 Å². The molecule has 0 bridgehead atoms. The SMILES string of the molecule is C=CC(C)N1C(=O)C(CC)NC1=S. The summed E-state index contributed by atoms with van der Waals surface area (Å²) in [6.07, 6.45) is 2.48. The van der Waals surface area contributed by atoms with Gasteiger partial charge in [-0.05, 0) is 25.6 Å². The van der Waals surface area contributed by atoms with Gasteiger partial charge in [-0.25, -0.2) is 0 Å². The highest BCUT2D eigenvalue weighted by Gasteiger charge is 2.35. The molecule has 1 heterocycles. The smallest absolute Gasteiger partial charge is 0.251 e. The Kier molecular flexibility index (Phi) is 3.03. The van der Waals surface area contributed by atoms with E-state index in [2.05, 4.69) is 11.9 Å². The molecule has 1 aliphatic heterocycles. The van der Waals surface area contributed by atoms with Crippen LogP contribution in [0.5, 0.6) is 0 Å². The second kappa shape index (κ2) is 3.87. The van der Waals surface area contributed by atoms with Gasteiger partial charge in [-0.2, -0.15) is 0 Å². The number of hydrogen-bond donors (Lipinski definition) is 1. The van der Waals surface area contributed by atoms with Crippen molar-refractivity contribution in [2.75, 3.05) is 0 Å². The van der Waals surface area contributed by atoms with E-state index in [1.54, 1.807) is 11.0 Å². The van der Waals surface area contributed by atoms with Gasteiger partial charge >= 0.3 is 0 Å². The van der Waals surface area contributed by atoms with Gasteiger partial charge in [-0.1, -0.05) is 13.0 Å². The summed E-state index contributed by atoms with van der Waals surface area (Å²) in [5.41, 5.74) is 0. The van der Waals surface area contributed by atoms with E-state index in [4.69, 9.17) is 12.2 Å². The predicted octanol–water partition coefficient (Wildman–Crippen LogP) is 1.06. The molecule has 0 spiro atoms. The van der Waals surface area contributed by atoms with Crippen LogP contribution in [0.2, 0.25) is 0 Å². The zero-order valence-corrected chi connectivity index (χ0v) is 8.73. The molecule has 1 N–H and O–H groups in total. The molecule has 1 rings (SSSR count). The third kappa shape index (κ3) is 1.72. The number of nitrogens with one attached hydrogen (secondary N) is 1. The Hall–Kier alpha value is -0.900. The zero-order valence-electron chi connectivity index (χ0n) is 7.91. The first-order valence-electron chi connectivity index (χ1n) is 4.38. The molecule has 2 unspecified atom stereocenters. The fraction of sp³-hybridized carbons (Fsp3) is 0.556. The topological polar surface area (TPSA) is 32.3 Å². The molecule has 1 aliphatic rings. The van der Waals surface area contributed by atoms with E-state index < -0.39 is 0 Å². The molecule has 0 aliphatic carbocycles. The second-order valence-electron chi connectivity index (χ2n) is 3.09.